The number of aryl methyl sites for hydroxylation is 1. The van der Waals surface area contributed by atoms with Crippen molar-refractivity contribution in [3.8, 4) is 11.4 Å². The molecule has 12 nitrogen and oxygen atoms in total. The highest BCUT2D eigenvalue weighted by molar-refractivity contribution is 9.09. The van der Waals surface area contributed by atoms with Crippen molar-refractivity contribution in [1.82, 2.24) is 23.5 Å². The maximum absolute atomic E-state index is 13.7. The van der Waals surface area contributed by atoms with Gasteiger partial charge in [0.25, 0.3) is 11.1 Å². The molecule has 2 N–H and O–H groups in total. The predicted octanol–water partition coefficient (Wildman–Crippen LogP) is 6.75. The molecule has 0 spiro atoms. The number of rotatable bonds is 6. The highest BCUT2D eigenvalue weighted by Gasteiger charge is 2.16. The number of fused-ring (bicyclic) bond motifs is 1. The molecule has 52 heavy (non-hydrogen) atoms. The van der Waals surface area contributed by atoms with Gasteiger partial charge in [0.1, 0.15) is 0 Å². The minimum Gasteiger partial charge on any atom is -0.465 e. The summed E-state index contributed by atoms with van der Waals surface area (Å²) in [6.07, 6.45) is 2.66. The van der Waals surface area contributed by atoms with Crippen LogP contribution in [0.3, 0.4) is 0 Å². The maximum Gasteiger partial charge on any atom is 0.339 e. The molecule has 0 unspecified atom stereocenters. The molecular formula is C31H31BrCl2F6N6O6. The van der Waals surface area contributed by atoms with Crippen molar-refractivity contribution in [2.75, 3.05) is 46.2 Å². The minimum atomic E-state index is -1.75. The Hall–Kier alpha value is -4.43. The van der Waals surface area contributed by atoms with Crippen LogP contribution in [-0.4, -0.2) is 76.3 Å². The number of aromatic nitrogens is 5. The van der Waals surface area contributed by atoms with Crippen LogP contribution in [0.5, 0.6) is 0 Å². The second kappa shape index (κ2) is 23.2. The van der Waals surface area contributed by atoms with Crippen LogP contribution in [0.1, 0.15) is 15.9 Å². The number of anilines is 1. The molecule has 5 rings (SSSR count). The van der Waals surface area contributed by atoms with E-state index in [0.717, 1.165) is 32.0 Å². The SMILES string of the molecule is COC(=O)c1cc(-n2c(=O)cc(F)n3ccnc23)ccc1Cl.COC(CBr)OC.Cc1cc(-n2c(N)nc(F)cc2=O)ccc1Cl.FCF.FCF. The van der Waals surface area contributed by atoms with Gasteiger partial charge in [-0.15, -0.1) is 0 Å². The van der Waals surface area contributed by atoms with E-state index in [1.165, 1.54) is 42.3 Å². The first kappa shape index (κ1) is 45.6. The number of imidazole rings is 1. The smallest absolute Gasteiger partial charge is 0.339 e. The molecule has 0 aliphatic rings. The number of nitrogen functional groups attached to an aromatic ring is 1. The topological polar surface area (TPSA) is 145 Å². The van der Waals surface area contributed by atoms with Crippen molar-refractivity contribution in [2.24, 2.45) is 0 Å². The summed E-state index contributed by atoms with van der Waals surface area (Å²) in [4.78, 5) is 42.8. The normalized spacial score (nSPS) is 10.1. The lowest BCUT2D eigenvalue weighted by Gasteiger charge is -2.10. The van der Waals surface area contributed by atoms with Gasteiger partial charge in [-0.2, -0.15) is 13.8 Å². The minimum absolute atomic E-state index is 0.0862. The molecule has 2 aromatic carbocycles. The zero-order chi connectivity index (χ0) is 39.5. The van der Waals surface area contributed by atoms with Gasteiger partial charge in [0.15, 0.2) is 6.29 Å². The Morgan fingerprint density at radius 1 is 0.885 bits per heavy atom. The van der Waals surface area contributed by atoms with Crippen LogP contribution in [0.15, 0.2) is 70.5 Å². The van der Waals surface area contributed by atoms with Crippen molar-refractivity contribution in [1.29, 1.82) is 0 Å². The van der Waals surface area contributed by atoms with E-state index >= 15 is 0 Å². The lowest BCUT2D eigenvalue weighted by atomic mass is 10.2. The summed E-state index contributed by atoms with van der Waals surface area (Å²) in [6.45, 7) is -1.70. The first-order valence-electron chi connectivity index (χ1n) is 14.0. The number of halogens is 9. The van der Waals surface area contributed by atoms with E-state index in [2.05, 4.69) is 30.6 Å². The van der Waals surface area contributed by atoms with Crippen molar-refractivity contribution in [3.63, 3.8) is 0 Å². The molecule has 0 bridgehead atoms. The fourth-order valence-corrected chi connectivity index (χ4v) is 4.69. The Bertz CT molecular complexity index is 2010. The maximum atomic E-state index is 13.7. The number of esters is 1. The van der Waals surface area contributed by atoms with Gasteiger partial charge in [0, 0.05) is 31.6 Å². The number of alkyl halides is 5. The molecule has 0 saturated heterocycles. The van der Waals surface area contributed by atoms with E-state index in [0.29, 0.717) is 16.4 Å². The first-order chi connectivity index (χ1) is 24.7. The standard InChI is InChI=1S/C14H9ClFN3O3.C11H9ClFN3O.C4H9BrO2.2CH2F2/c1-22-13(21)9-6-8(2-3-10(9)15)19-12(20)7-11(16)18-5-4-17-14(18)19;1-6-4-7(2-3-8(6)12)16-10(17)5-9(13)15-11(16)14;1-6-4(3-5)7-2;2*2-1-3/h2-7H,1H3;2-5H,1H3,(H2,14,15);4H,3H2,1-2H3;2*1H2. The summed E-state index contributed by atoms with van der Waals surface area (Å²) in [5.74, 6) is -2.37. The Morgan fingerprint density at radius 3 is 1.90 bits per heavy atom. The van der Waals surface area contributed by atoms with Crippen LogP contribution in [-0.2, 0) is 14.2 Å². The molecule has 0 atom stereocenters. The van der Waals surface area contributed by atoms with E-state index in [9.17, 15) is 40.7 Å². The van der Waals surface area contributed by atoms with Gasteiger partial charge in [-0.05, 0) is 48.9 Å². The van der Waals surface area contributed by atoms with Crippen molar-refractivity contribution in [3.05, 3.63) is 115 Å². The molecule has 0 aliphatic heterocycles. The van der Waals surface area contributed by atoms with Gasteiger partial charge < -0.3 is 19.9 Å². The van der Waals surface area contributed by atoms with Gasteiger partial charge in [-0.1, -0.05) is 39.1 Å². The zero-order valence-corrected chi connectivity index (χ0v) is 30.7. The number of nitrogens with two attached hydrogens (primary N) is 1. The van der Waals surface area contributed by atoms with Gasteiger partial charge in [0.2, 0.25) is 37.5 Å². The second-order valence-corrected chi connectivity index (χ2v) is 10.7. The number of ether oxygens (including phenoxy) is 3. The van der Waals surface area contributed by atoms with Gasteiger partial charge >= 0.3 is 5.97 Å². The van der Waals surface area contributed by atoms with Crippen LogP contribution in [0.2, 0.25) is 10.0 Å². The number of carbonyl (C=O) groups excluding carboxylic acids is 1. The van der Waals surface area contributed by atoms with Crippen LogP contribution >= 0.6 is 39.1 Å². The van der Waals surface area contributed by atoms with E-state index in [1.807, 2.05) is 0 Å². The number of nitrogens with zero attached hydrogens (tertiary/aromatic N) is 5. The number of carbonyl (C=O) groups is 1. The molecular weight excluding hydrogens is 817 g/mol. The third-order valence-electron chi connectivity index (χ3n) is 6.09. The van der Waals surface area contributed by atoms with E-state index < -0.39 is 42.8 Å². The molecule has 3 heterocycles. The Balaban J connectivity index is 0.000000398. The van der Waals surface area contributed by atoms with Crippen molar-refractivity contribution in [2.45, 2.75) is 13.2 Å². The zero-order valence-electron chi connectivity index (χ0n) is 27.6. The third kappa shape index (κ3) is 13.0. The Morgan fingerprint density at radius 2 is 1.42 bits per heavy atom. The van der Waals surface area contributed by atoms with Gasteiger partial charge in [-0.25, -0.2) is 36.5 Å². The molecule has 0 fully saturated rings. The molecule has 5 aromatic rings. The summed E-state index contributed by atoms with van der Waals surface area (Å²) in [7, 11) is 4.44. The monoisotopic (exact) mass is 846 g/mol. The van der Waals surface area contributed by atoms with Crippen LogP contribution < -0.4 is 16.9 Å². The lowest BCUT2D eigenvalue weighted by molar-refractivity contribution is -0.0834. The largest absolute Gasteiger partial charge is 0.465 e. The van der Waals surface area contributed by atoms with E-state index in [4.69, 9.17) is 38.4 Å². The highest BCUT2D eigenvalue weighted by Crippen LogP contribution is 2.22. The summed E-state index contributed by atoms with van der Waals surface area (Å²) in [5, 5.41) is 1.49. The summed E-state index contributed by atoms with van der Waals surface area (Å²) >= 11 is 15.0. The van der Waals surface area contributed by atoms with Crippen molar-refractivity contribution >= 4 is 56.8 Å². The predicted molar refractivity (Wildman–Crippen MR) is 187 cm³/mol. The Labute approximate surface area is 310 Å². The summed E-state index contributed by atoms with van der Waals surface area (Å²) in [5.41, 5.74) is 6.05. The fraction of sp³-hybridized carbons (Fsp3) is 0.258. The molecule has 0 saturated carbocycles. The van der Waals surface area contributed by atoms with Gasteiger partial charge in [0.05, 0.1) is 46.5 Å². The second-order valence-electron chi connectivity index (χ2n) is 9.20. The quantitative estimate of drug-likeness (QED) is 0.0646. The van der Waals surface area contributed by atoms with Gasteiger partial charge in [-0.3, -0.25) is 14.0 Å². The molecule has 284 valence electrons. The summed E-state index contributed by atoms with van der Waals surface area (Å²) in [6, 6.07) is 10.9. The van der Waals surface area contributed by atoms with Crippen LogP contribution in [0, 0.1) is 18.8 Å². The average Bonchev–Trinajstić information content (AvgIpc) is 3.59. The molecule has 0 amide bonds. The lowest BCUT2D eigenvalue weighted by Crippen LogP contribution is -2.23. The number of benzene rings is 2. The van der Waals surface area contributed by atoms with E-state index in [-0.39, 0.29) is 28.6 Å². The highest BCUT2D eigenvalue weighted by atomic mass is 79.9. The fourth-order valence-electron chi connectivity index (χ4n) is 3.84. The summed E-state index contributed by atoms with van der Waals surface area (Å²) < 4.78 is 82.7. The first-order valence-corrected chi connectivity index (χ1v) is 15.9. The van der Waals surface area contributed by atoms with Crippen LogP contribution in [0.4, 0.5) is 32.3 Å². The molecule has 0 radical (unpaired) electrons. The number of methoxy groups -OCH3 is 3. The molecule has 0 aliphatic carbocycles. The third-order valence-corrected chi connectivity index (χ3v) is 7.38. The Kier molecular flexibility index (Phi) is 20.3. The number of hydrogen-bond donors (Lipinski definition) is 1. The number of hydrogen-bond acceptors (Lipinski definition) is 9. The van der Waals surface area contributed by atoms with E-state index in [1.54, 1.807) is 39.3 Å². The molecule has 3 aromatic heterocycles. The molecule has 21 heteroatoms. The van der Waals surface area contributed by atoms with Crippen LogP contribution in [0.25, 0.3) is 17.2 Å². The van der Waals surface area contributed by atoms with Crippen molar-refractivity contribution < 1.29 is 45.3 Å². The average molecular weight is 848 g/mol.